The molecule has 0 fully saturated rings. The lowest BCUT2D eigenvalue weighted by atomic mass is 10.0. The van der Waals surface area contributed by atoms with Crippen molar-refractivity contribution in [1.29, 1.82) is 0 Å². The molecule has 0 amide bonds. The monoisotopic (exact) mass is 408 g/mol. The number of rotatable bonds is 9. The minimum atomic E-state index is -3.09. The third-order valence-corrected chi connectivity index (χ3v) is 9.03. The highest BCUT2D eigenvalue weighted by atomic mass is 31.2. The maximum absolute atomic E-state index is 14.8. The zero-order valence-electron chi connectivity index (χ0n) is 17.1. The van der Waals surface area contributed by atoms with Crippen molar-refractivity contribution in [3.05, 3.63) is 90.5 Å². The molecular weight excluding hydrogens is 379 g/mol. The topological polar surface area (TPSA) is 46.5 Å². The Morgan fingerprint density at radius 1 is 0.862 bits per heavy atom. The molecule has 0 unspecified atom stereocenters. The van der Waals surface area contributed by atoms with Gasteiger partial charge in [-0.3, -0.25) is 0 Å². The first-order valence-corrected chi connectivity index (χ1v) is 11.9. The summed E-state index contributed by atoms with van der Waals surface area (Å²) in [5.41, 5.74) is 0.361. The van der Waals surface area contributed by atoms with Gasteiger partial charge in [0.2, 0.25) is 0 Å². The summed E-state index contributed by atoms with van der Waals surface area (Å²) in [6, 6.07) is 26.6. The predicted octanol–water partition coefficient (Wildman–Crippen LogP) is 5.30. The summed E-state index contributed by atoms with van der Waals surface area (Å²) in [5.74, 6) is 0.736. The minimum absolute atomic E-state index is 0.402. The first-order valence-electron chi connectivity index (χ1n) is 10.1. The molecule has 0 saturated carbocycles. The SMILES string of the molecule is CCCC[C@H]([C@H](O)c1ccc(OC)cc1)P(=O)(c1ccccc1)c1ccccc1. The zero-order chi connectivity index (χ0) is 20.7. The van der Waals surface area contributed by atoms with E-state index < -0.39 is 18.9 Å². The third kappa shape index (κ3) is 4.63. The van der Waals surface area contributed by atoms with Crippen LogP contribution in [0.4, 0.5) is 0 Å². The molecule has 0 aromatic heterocycles. The molecule has 0 saturated heterocycles. The van der Waals surface area contributed by atoms with Crippen LogP contribution in [-0.4, -0.2) is 17.9 Å². The number of aliphatic hydroxyl groups is 1. The van der Waals surface area contributed by atoms with Crippen molar-refractivity contribution in [2.45, 2.75) is 37.9 Å². The highest BCUT2D eigenvalue weighted by Gasteiger charge is 2.40. The molecule has 2 atom stereocenters. The fourth-order valence-corrected chi connectivity index (χ4v) is 7.22. The fraction of sp³-hybridized carbons (Fsp3) is 0.280. The number of aliphatic hydroxyl groups excluding tert-OH is 1. The molecule has 0 aliphatic heterocycles. The number of benzene rings is 3. The van der Waals surface area contributed by atoms with E-state index in [-0.39, 0.29) is 0 Å². The van der Waals surface area contributed by atoms with Crippen molar-refractivity contribution < 1.29 is 14.4 Å². The molecule has 0 radical (unpaired) electrons. The molecule has 0 heterocycles. The quantitative estimate of drug-likeness (QED) is 0.489. The van der Waals surface area contributed by atoms with Gasteiger partial charge >= 0.3 is 0 Å². The zero-order valence-corrected chi connectivity index (χ0v) is 18.0. The molecule has 4 heteroatoms. The van der Waals surface area contributed by atoms with Gasteiger partial charge in [-0.15, -0.1) is 0 Å². The first kappa shape index (κ1) is 21.4. The summed E-state index contributed by atoms with van der Waals surface area (Å²) in [4.78, 5) is 0. The van der Waals surface area contributed by atoms with Gasteiger partial charge in [-0.1, -0.05) is 92.6 Å². The standard InChI is InChI=1S/C25H29O3P/c1-3-4-15-24(25(26)20-16-18-21(28-2)19-17-20)29(27,22-11-7-5-8-12-22)23-13-9-6-10-14-23/h5-14,16-19,24-26H,3-4,15H2,1-2H3/t24-,25-/m1/s1. The Balaban J connectivity index is 2.12. The van der Waals surface area contributed by atoms with E-state index in [0.29, 0.717) is 6.42 Å². The largest absolute Gasteiger partial charge is 0.497 e. The second-order valence-corrected chi connectivity index (χ2v) is 10.3. The summed E-state index contributed by atoms with van der Waals surface area (Å²) < 4.78 is 20.0. The van der Waals surface area contributed by atoms with Gasteiger partial charge in [0.1, 0.15) is 12.9 Å². The molecule has 152 valence electrons. The second kappa shape index (κ2) is 9.91. The van der Waals surface area contributed by atoms with E-state index in [0.717, 1.165) is 34.8 Å². The van der Waals surface area contributed by atoms with Gasteiger partial charge in [0.15, 0.2) is 0 Å². The van der Waals surface area contributed by atoms with E-state index in [1.54, 1.807) is 7.11 Å². The summed E-state index contributed by atoms with van der Waals surface area (Å²) in [7, 11) is -1.47. The van der Waals surface area contributed by atoms with Gasteiger partial charge < -0.3 is 14.4 Å². The van der Waals surface area contributed by atoms with Crippen LogP contribution in [0.1, 0.15) is 37.9 Å². The van der Waals surface area contributed by atoms with E-state index in [2.05, 4.69) is 6.92 Å². The average molecular weight is 408 g/mol. The number of unbranched alkanes of at least 4 members (excludes halogenated alkanes) is 1. The van der Waals surface area contributed by atoms with Gasteiger partial charge in [-0.05, 0) is 24.1 Å². The second-order valence-electron chi connectivity index (χ2n) is 7.26. The van der Waals surface area contributed by atoms with E-state index in [4.69, 9.17) is 4.74 Å². The Kier molecular flexibility index (Phi) is 7.30. The van der Waals surface area contributed by atoms with E-state index >= 15 is 0 Å². The summed E-state index contributed by atoms with van der Waals surface area (Å²) >= 11 is 0. The van der Waals surface area contributed by atoms with E-state index in [9.17, 15) is 9.67 Å². The lowest BCUT2D eigenvalue weighted by Crippen LogP contribution is -2.30. The smallest absolute Gasteiger partial charge is 0.149 e. The van der Waals surface area contributed by atoms with Crippen LogP contribution < -0.4 is 15.3 Å². The Morgan fingerprint density at radius 3 is 1.83 bits per heavy atom. The van der Waals surface area contributed by atoms with Crippen LogP contribution in [0.15, 0.2) is 84.9 Å². The van der Waals surface area contributed by atoms with Crippen LogP contribution in [0.5, 0.6) is 5.75 Å². The molecule has 0 aliphatic rings. The lowest BCUT2D eigenvalue weighted by Gasteiger charge is -2.32. The van der Waals surface area contributed by atoms with Crippen molar-refractivity contribution in [2.24, 2.45) is 0 Å². The number of hydrogen-bond donors (Lipinski definition) is 1. The molecule has 0 bridgehead atoms. The van der Waals surface area contributed by atoms with Gasteiger partial charge in [-0.2, -0.15) is 0 Å². The third-order valence-electron chi connectivity index (χ3n) is 5.42. The van der Waals surface area contributed by atoms with Crippen molar-refractivity contribution in [3.8, 4) is 5.75 Å². The molecule has 3 nitrogen and oxygen atoms in total. The van der Waals surface area contributed by atoms with Crippen LogP contribution in [0.2, 0.25) is 0 Å². The Hall–Kier alpha value is -2.35. The van der Waals surface area contributed by atoms with Crippen LogP contribution in [0, 0.1) is 0 Å². The van der Waals surface area contributed by atoms with E-state index in [1.165, 1.54) is 0 Å². The maximum Gasteiger partial charge on any atom is 0.149 e. The van der Waals surface area contributed by atoms with Gasteiger partial charge in [0.05, 0.1) is 18.9 Å². The van der Waals surface area contributed by atoms with Crippen LogP contribution in [0.25, 0.3) is 0 Å². The van der Waals surface area contributed by atoms with Crippen molar-refractivity contribution in [3.63, 3.8) is 0 Å². The fourth-order valence-electron chi connectivity index (χ4n) is 3.81. The van der Waals surface area contributed by atoms with Crippen molar-refractivity contribution >= 4 is 17.8 Å². The maximum atomic E-state index is 14.8. The summed E-state index contributed by atoms with van der Waals surface area (Å²) in [6.07, 6.45) is 1.74. The van der Waals surface area contributed by atoms with Gasteiger partial charge in [0.25, 0.3) is 0 Å². The Labute approximate surface area is 173 Å². The number of ether oxygens (including phenoxy) is 1. The summed E-state index contributed by atoms with van der Waals surface area (Å²) in [5, 5.41) is 13.0. The minimum Gasteiger partial charge on any atom is -0.497 e. The molecular formula is C25H29O3P. The van der Waals surface area contributed by atoms with Gasteiger partial charge in [0, 0.05) is 10.6 Å². The molecule has 1 N–H and O–H groups in total. The lowest BCUT2D eigenvalue weighted by molar-refractivity contribution is 0.166. The predicted molar refractivity (Wildman–Crippen MR) is 121 cm³/mol. The molecule has 3 aromatic rings. The first-order chi connectivity index (χ1) is 14.1. The Morgan fingerprint density at radius 2 is 1.38 bits per heavy atom. The van der Waals surface area contributed by atoms with Crippen molar-refractivity contribution in [2.75, 3.05) is 7.11 Å². The number of methoxy groups -OCH3 is 1. The van der Waals surface area contributed by atoms with Crippen LogP contribution >= 0.6 is 7.14 Å². The molecule has 3 aromatic carbocycles. The highest BCUT2D eigenvalue weighted by Crippen LogP contribution is 2.54. The van der Waals surface area contributed by atoms with E-state index in [1.807, 2.05) is 84.9 Å². The molecule has 0 aliphatic carbocycles. The average Bonchev–Trinajstić information content (AvgIpc) is 2.80. The Bertz CT molecular complexity index is 880. The van der Waals surface area contributed by atoms with Crippen molar-refractivity contribution in [1.82, 2.24) is 0 Å². The molecule has 3 rings (SSSR count). The van der Waals surface area contributed by atoms with Crippen LogP contribution in [-0.2, 0) is 4.57 Å². The normalized spacial score (nSPS) is 13.6. The molecule has 0 spiro atoms. The number of hydrogen-bond acceptors (Lipinski definition) is 3. The highest BCUT2D eigenvalue weighted by molar-refractivity contribution is 7.79. The van der Waals surface area contributed by atoms with Gasteiger partial charge in [-0.25, -0.2) is 0 Å². The summed E-state index contributed by atoms with van der Waals surface area (Å²) in [6.45, 7) is 2.12. The van der Waals surface area contributed by atoms with Crippen LogP contribution in [0.3, 0.4) is 0 Å². The molecule has 29 heavy (non-hydrogen) atoms.